The van der Waals surface area contributed by atoms with Crippen molar-refractivity contribution >= 4 is 21.6 Å². The SMILES string of the molecule is Cc1ccc(SSCC(F)(F)F)cc1. The van der Waals surface area contributed by atoms with Crippen LogP contribution in [0.3, 0.4) is 0 Å². The highest BCUT2D eigenvalue weighted by Crippen LogP contribution is 2.35. The Balaban J connectivity index is 2.35. The summed E-state index contributed by atoms with van der Waals surface area (Å²) >= 11 is 0. The van der Waals surface area contributed by atoms with Crippen LogP contribution in [0, 0.1) is 6.92 Å². The molecule has 0 N–H and O–H groups in total. The Morgan fingerprint density at radius 2 is 1.71 bits per heavy atom. The molecule has 1 aromatic rings. The third kappa shape index (κ3) is 4.81. The molecule has 0 nitrogen and oxygen atoms in total. The first-order valence-corrected chi connectivity index (χ1v) is 6.22. The minimum absolute atomic E-state index is 0.811. The lowest BCUT2D eigenvalue weighted by atomic mass is 10.2. The molecule has 0 unspecified atom stereocenters. The Bertz CT molecular complexity index is 279. The fourth-order valence-corrected chi connectivity index (χ4v) is 2.65. The van der Waals surface area contributed by atoms with Crippen molar-refractivity contribution in [1.82, 2.24) is 0 Å². The molecule has 0 heterocycles. The van der Waals surface area contributed by atoms with Crippen LogP contribution in [-0.2, 0) is 0 Å². The van der Waals surface area contributed by atoms with Crippen LogP contribution in [0.15, 0.2) is 29.2 Å². The van der Waals surface area contributed by atoms with E-state index in [-0.39, 0.29) is 0 Å². The van der Waals surface area contributed by atoms with E-state index in [2.05, 4.69) is 0 Å². The topological polar surface area (TPSA) is 0 Å². The van der Waals surface area contributed by atoms with E-state index in [0.717, 1.165) is 32.0 Å². The first-order valence-electron chi connectivity index (χ1n) is 3.90. The molecule has 0 aromatic heterocycles. The van der Waals surface area contributed by atoms with Gasteiger partial charge in [0.1, 0.15) is 5.75 Å². The fraction of sp³-hybridized carbons (Fsp3) is 0.333. The molecular formula is C9H9F3S2. The van der Waals surface area contributed by atoms with Gasteiger partial charge in [-0.2, -0.15) is 13.2 Å². The number of halogens is 3. The lowest BCUT2D eigenvalue weighted by Gasteiger charge is -2.04. The number of hydrogen-bond acceptors (Lipinski definition) is 2. The molecule has 78 valence electrons. The van der Waals surface area contributed by atoms with Gasteiger partial charge in [-0.05, 0) is 19.1 Å². The van der Waals surface area contributed by atoms with Gasteiger partial charge in [-0.15, -0.1) is 0 Å². The normalized spacial score (nSPS) is 11.7. The molecule has 0 aliphatic carbocycles. The van der Waals surface area contributed by atoms with Gasteiger partial charge >= 0.3 is 6.18 Å². The second-order valence-corrected chi connectivity index (χ2v) is 5.14. The van der Waals surface area contributed by atoms with Crippen LogP contribution in [0.1, 0.15) is 5.56 Å². The van der Waals surface area contributed by atoms with Crippen molar-refractivity contribution in [3.8, 4) is 0 Å². The van der Waals surface area contributed by atoms with Gasteiger partial charge in [-0.3, -0.25) is 0 Å². The van der Waals surface area contributed by atoms with E-state index in [1.807, 2.05) is 31.2 Å². The summed E-state index contributed by atoms with van der Waals surface area (Å²) in [6.07, 6.45) is -4.08. The van der Waals surface area contributed by atoms with E-state index in [9.17, 15) is 13.2 Å². The maximum Gasteiger partial charge on any atom is 0.398 e. The highest BCUT2D eigenvalue weighted by atomic mass is 33.1. The lowest BCUT2D eigenvalue weighted by molar-refractivity contribution is -0.104. The molecule has 0 spiro atoms. The van der Waals surface area contributed by atoms with Crippen molar-refractivity contribution in [1.29, 1.82) is 0 Å². The zero-order valence-corrected chi connectivity index (χ0v) is 9.10. The molecule has 0 saturated heterocycles. The molecule has 0 radical (unpaired) electrons. The molecule has 5 heteroatoms. The molecule has 0 amide bonds. The summed E-state index contributed by atoms with van der Waals surface area (Å²) in [4.78, 5) is 0.852. The zero-order valence-electron chi connectivity index (χ0n) is 7.47. The predicted octanol–water partition coefficient (Wildman–Crippen LogP) is 4.30. The predicted molar refractivity (Wildman–Crippen MR) is 55.5 cm³/mol. The van der Waals surface area contributed by atoms with Crippen LogP contribution in [0.4, 0.5) is 13.2 Å². The van der Waals surface area contributed by atoms with Gasteiger partial charge < -0.3 is 0 Å². The number of hydrogen-bond donors (Lipinski definition) is 0. The van der Waals surface area contributed by atoms with Gasteiger partial charge in [0.05, 0.1) is 0 Å². The fourth-order valence-electron chi connectivity index (χ4n) is 0.758. The minimum Gasteiger partial charge on any atom is -0.170 e. The molecule has 0 fully saturated rings. The van der Waals surface area contributed by atoms with Crippen molar-refractivity contribution < 1.29 is 13.2 Å². The Morgan fingerprint density at radius 1 is 1.14 bits per heavy atom. The Hall–Kier alpha value is -0.290. The molecule has 1 aromatic carbocycles. The molecular weight excluding hydrogens is 229 g/mol. The molecule has 0 bridgehead atoms. The van der Waals surface area contributed by atoms with Crippen LogP contribution < -0.4 is 0 Å². The first kappa shape index (κ1) is 11.8. The summed E-state index contributed by atoms with van der Waals surface area (Å²) in [7, 11) is 1.96. The Morgan fingerprint density at radius 3 is 2.21 bits per heavy atom. The largest absolute Gasteiger partial charge is 0.398 e. The Kier molecular flexibility index (Phi) is 4.19. The average molecular weight is 238 g/mol. The summed E-state index contributed by atoms with van der Waals surface area (Å²) in [6, 6.07) is 7.42. The van der Waals surface area contributed by atoms with Crippen molar-refractivity contribution in [3.63, 3.8) is 0 Å². The van der Waals surface area contributed by atoms with E-state index in [1.165, 1.54) is 0 Å². The standard InChI is InChI=1S/C9H9F3S2/c1-7-2-4-8(5-3-7)14-13-6-9(10,11)12/h2-5H,6H2,1H3. The third-order valence-electron chi connectivity index (χ3n) is 1.40. The highest BCUT2D eigenvalue weighted by molar-refractivity contribution is 8.76. The maximum atomic E-state index is 11.8. The first-order chi connectivity index (χ1) is 6.47. The van der Waals surface area contributed by atoms with E-state index < -0.39 is 11.9 Å². The van der Waals surface area contributed by atoms with E-state index in [1.54, 1.807) is 0 Å². The van der Waals surface area contributed by atoms with Gasteiger partial charge in [0.25, 0.3) is 0 Å². The van der Waals surface area contributed by atoms with Crippen molar-refractivity contribution in [2.45, 2.75) is 18.0 Å². The zero-order chi connectivity index (χ0) is 10.6. The van der Waals surface area contributed by atoms with Gasteiger partial charge in [-0.1, -0.05) is 39.3 Å². The van der Waals surface area contributed by atoms with Gasteiger partial charge in [0, 0.05) is 4.90 Å². The smallest absolute Gasteiger partial charge is 0.170 e. The molecule has 0 saturated carbocycles. The number of alkyl halides is 3. The monoisotopic (exact) mass is 238 g/mol. The highest BCUT2D eigenvalue weighted by Gasteiger charge is 2.27. The van der Waals surface area contributed by atoms with Crippen molar-refractivity contribution in [3.05, 3.63) is 29.8 Å². The van der Waals surface area contributed by atoms with Crippen LogP contribution in [-0.4, -0.2) is 11.9 Å². The van der Waals surface area contributed by atoms with Crippen molar-refractivity contribution in [2.24, 2.45) is 0 Å². The van der Waals surface area contributed by atoms with E-state index in [0.29, 0.717) is 0 Å². The number of rotatable bonds is 3. The summed E-state index contributed by atoms with van der Waals surface area (Å²) in [5.41, 5.74) is 1.11. The summed E-state index contributed by atoms with van der Waals surface area (Å²) < 4.78 is 35.4. The third-order valence-corrected chi connectivity index (χ3v) is 3.71. The summed E-state index contributed by atoms with van der Waals surface area (Å²) in [5, 5.41) is 0. The maximum absolute atomic E-state index is 11.8. The molecule has 1 rings (SSSR count). The van der Waals surface area contributed by atoms with E-state index >= 15 is 0 Å². The van der Waals surface area contributed by atoms with Gasteiger partial charge in [0.15, 0.2) is 0 Å². The van der Waals surface area contributed by atoms with Crippen LogP contribution in [0.25, 0.3) is 0 Å². The van der Waals surface area contributed by atoms with Crippen LogP contribution in [0.2, 0.25) is 0 Å². The molecule has 0 aliphatic heterocycles. The van der Waals surface area contributed by atoms with Crippen LogP contribution in [0.5, 0.6) is 0 Å². The molecule has 0 atom stereocenters. The second kappa shape index (κ2) is 4.98. The summed E-state index contributed by atoms with van der Waals surface area (Å²) in [6.45, 7) is 1.94. The minimum atomic E-state index is -4.08. The number of benzene rings is 1. The summed E-state index contributed by atoms with van der Waals surface area (Å²) in [5.74, 6) is -0.814. The Labute approximate surface area is 88.7 Å². The van der Waals surface area contributed by atoms with Crippen molar-refractivity contribution in [2.75, 3.05) is 5.75 Å². The van der Waals surface area contributed by atoms with Crippen LogP contribution >= 0.6 is 21.6 Å². The molecule has 14 heavy (non-hydrogen) atoms. The molecule has 0 aliphatic rings. The van der Waals surface area contributed by atoms with Gasteiger partial charge in [0.2, 0.25) is 0 Å². The second-order valence-electron chi connectivity index (χ2n) is 2.77. The average Bonchev–Trinajstić information content (AvgIpc) is 2.06. The van der Waals surface area contributed by atoms with Gasteiger partial charge in [-0.25, -0.2) is 0 Å². The lowest BCUT2D eigenvalue weighted by Crippen LogP contribution is -2.09. The quantitative estimate of drug-likeness (QED) is 0.720. The number of aryl methyl sites for hydroxylation is 1. The van der Waals surface area contributed by atoms with E-state index in [4.69, 9.17) is 0 Å².